The number of nitrogens with one attached hydrogen (secondary N) is 1. The number of carbonyl (C=O) groups is 2. The number of benzene rings is 1. The molecule has 99 valence electrons. The first kappa shape index (κ1) is 13.8. The first-order valence-electron chi connectivity index (χ1n) is 6.53. The normalized spacial score (nSPS) is 26.6. The molecule has 1 aromatic rings. The van der Waals surface area contributed by atoms with Gasteiger partial charge in [-0.1, -0.05) is 30.3 Å². The summed E-state index contributed by atoms with van der Waals surface area (Å²) in [6.45, 7) is 0. The van der Waals surface area contributed by atoms with Gasteiger partial charge in [0.25, 0.3) is 7.41 Å². The molecule has 1 aromatic carbocycles. The number of rotatable bonds is 5. The fourth-order valence-corrected chi connectivity index (χ4v) is 2.86. The molecule has 3 atom stereocenters. The highest BCUT2D eigenvalue weighted by atomic mass is 16.4. The molecule has 5 heteroatoms. The number of carbonyl (C=O) groups excluding carboxylic acids is 1. The van der Waals surface area contributed by atoms with Gasteiger partial charge in [0, 0.05) is 0 Å². The average molecular weight is 258 g/mol. The lowest BCUT2D eigenvalue weighted by Gasteiger charge is -2.34. The van der Waals surface area contributed by atoms with Gasteiger partial charge in [-0.3, -0.25) is 4.79 Å². The Labute approximate surface area is 113 Å². The zero-order valence-corrected chi connectivity index (χ0v) is 10.7. The molecule has 2 N–H and O–H groups in total. The van der Waals surface area contributed by atoms with Crippen molar-refractivity contribution in [1.82, 2.24) is 5.23 Å². The summed E-state index contributed by atoms with van der Waals surface area (Å²) in [7, 11) is 1.40. The van der Waals surface area contributed by atoms with Crippen molar-refractivity contribution >= 4 is 19.6 Å². The summed E-state index contributed by atoms with van der Waals surface area (Å²) in [5.41, 5.74) is 1.06. The minimum absolute atomic E-state index is 0.00463. The second-order valence-corrected chi connectivity index (χ2v) is 4.94. The molecule has 0 spiro atoms. The molecular formula is C14H17BNO3. The van der Waals surface area contributed by atoms with E-state index in [4.69, 9.17) is 0 Å². The van der Waals surface area contributed by atoms with Crippen LogP contribution in [0.2, 0.25) is 0 Å². The maximum Gasteiger partial charge on any atom is 0.307 e. The summed E-state index contributed by atoms with van der Waals surface area (Å²) >= 11 is 0. The number of carboxylic acid groups (broad SMARTS) is 1. The third-order valence-electron chi connectivity index (χ3n) is 3.80. The highest BCUT2D eigenvalue weighted by molar-refractivity contribution is 6.64. The second-order valence-electron chi connectivity index (χ2n) is 4.94. The summed E-state index contributed by atoms with van der Waals surface area (Å²) in [5, 5.41) is 12.4. The van der Waals surface area contributed by atoms with E-state index in [1.807, 2.05) is 30.3 Å². The molecule has 2 rings (SSSR count). The largest absolute Gasteiger partial charge is 0.481 e. The zero-order chi connectivity index (χ0) is 13.7. The van der Waals surface area contributed by atoms with Gasteiger partial charge in [0.2, 0.25) is 0 Å². The SMILES string of the molecule is O=C[B]N[C@@H]1CC[C@@H](C(=O)O)C(c2ccccc2)C1. The van der Waals surface area contributed by atoms with E-state index >= 15 is 0 Å². The van der Waals surface area contributed by atoms with E-state index in [0.717, 1.165) is 24.6 Å². The predicted octanol–water partition coefficient (Wildman–Crippen LogP) is 1.42. The molecule has 0 heterocycles. The van der Waals surface area contributed by atoms with E-state index in [1.54, 1.807) is 0 Å². The number of hydrogen-bond acceptors (Lipinski definition) is 3. The third-order valence-corrected chi connectivity index (χ3v) is 3.80. The van der Waals surface area contributed by atoms with E-state index in [2.05, 4.69) is 5.23 Å². The summed E-state index contributed by atoms with van der Waals surface area (Å²) in [5.74, 6) is -1.06. The van der Waals surface area contributed by atoms with Gasteiger partial charge in [-0.15, -0.1) is 0 Å². The Morgan fingerprint density at radius 2 is 2.05 bits per heavy atom. The van der Waals surface area contributed by atoms with E-state index in [1.165, 1.54) is 7.41 Å². The topological polar surface area (TPSA) is 66.4 Å². The van der Waals surface area contributed by atoms with Gasteiger partial charge in [-0.2, -0.15) is 0 Å². The molecule has 0 aromatic heterocycles. The fourth-order valence-electron chi connectivity index (χ4n) is 2.86. The molecule has 0 saturated heterocycles. The lowest BCUT2D eigenvalue weighted by molar-refractivity contribution is -0.143. The molecule has 0 bridgehead atoms. The quantitative estimate of drug-likeness (QED) is 0.619. The maximum atomic E-state index is 11.4. The Morgan fingerprint density at radius 1 is 1.32 bits per heavy atom. The van der Waals surface area contributed by atoms with Gasteiger partial charge in [0.15, 0.2) is 0 Å². The molecule has 1 aliphatic carbocycles. The van der Waals surface area contributed by atoms with Crippen molar-refractivity contribution in [2.24, 2.45) is 5.92 Å². The summed E-state index contributed by atoms with van der Waals surface area (Å²) in [6.07, 6.45) is 2.88. The Morgan fingerprint density at radius 3 is 2.68 bits per heavy atom. The second kappa shape index (κ2) is 6.52. The maximum absolute atomic E-state index is 11.4. The Kier molecular flexibility index (Phi) is 4.74. The van der Waals surface area contributed by atoms with Crippen molar-refractivity contribution in [2.75, 3.05) is 0 Å². The summed E-state index contributed by atoms with van der Waals surface area (Å²) in [4.78, 5) is 21.7. The third kappa shape index (κ3) is 3.44. The van der Waals surface area contributed by atoms with Crippen LogP contribution in [-0.4, -0.2) is 30.7 Å². The average Bonchev–Trinajstić information content (AvgIpc) is 2.45. The van der Waals surface area contributed by atoms with Gasteiger partial charge in [0.1, 0.15) is 0 Å². The molecular weight excluding hydrogens is 241 g/mol. The van der Waals surface area contributed by atoms with Gasteiger partial charge in [0.05, 0.1) is 12.1 Å². The van der Waals surface area contributed by atoms with Crippen molar-refractivity contribution in [3.05, 3.63) is 35.9 Å². The molecule has 0 aliphatic heterocycles. The smallest absolute Gasteiger partial charge is 0.307 e. The van der Waals surface area contributed by atoms with Crippen LogP contribution in [0, 0.1) is 5.92 Å². The van der Waals surface area contributed by atoms with Gasteiger partial charge >= 0.3 is 5.97 Å². The summed E-state index contributed by atoms with van der Waals surface area (Å²) < 4.78 is 0. The minimum atomic E-state index is -0.730. The molecule has 1 unspecified atom stereocenters. The van der Waals surface area contributed by atoms with Crippen LogP contribution in [0.4, 0.5) is 0 Å². The standard InChI is InChI=1S/C14H17BNO3/c17-9-15-16-11-6-7-12(14(18)19)13(8-11)10-4-2-1-3-5-10/h1-5,9,11-13,16H,6-8H2,(H,18,19)/t11-,12-,13?/m1/s1. The van der Waals surface area contributed by atoms with Crippen molar-refractivity contribution in [3.63, 3.8) is 0 Å². The van der Waals surface area contributed by atoms with Crippen molar-refractivity contribution in [2.45, 2.75) is 31.2 Å². The molecule has 4 nitrogen and oxygen atoms in total. The van der Waals surface area contributed by atoms with Gasteiger partial charge < -0.3 is 15.1 Å². The van der Waals surface area contributed by atoms with Crippen LogP contribution in [-0.2, 0) is 9.59 Å². The van der Waals surface area contributed by atoms with Crippen LogP contribution in [0.15, 0.2) is 30.3 Å². The van der Waals surface area contributed by atoms with Crippen LogP contribution >= 0.6 is 0 Å². The monoisotopic (exact) mass is 258 g/mol. The van der Waals surface area contributed by atoms with E-state index in [0.29, 0.717) is 6.42 Å². The van der Waals surface area contributed by atoms with Crippen LogP contribution < -0.4 is 5.23 Å². The lowest BCUT2D eigenvalue weighted by atomic mass is 9.72. The van der Waals surface area contributed by atoms with Gasteiger partial charge in [-0.25, -0.2) is 0 Å². The first-order chi connectivity index (χ1) is 9.22. The number of aliphatic carboxylic acids is 1. The fraction of sp³-hybridized carbons (Fsp3) is 0.429. The molecule has 1 radical (unpaired) electrons. The first-order valence-corrected chi connectivity index (χ1v) is 6.53. The highest BCUT2D eigenvalue weighted by Crippen LogP contribution is 2.37. The molecule has 19 heavy (non-hydrogen) atoms. The number of hydrogen-bond donors (Lipinski definition) is 2. The Bertz CT molecular complexity index is 438. The molecule has 0 amide bonds. The van der Waals surface area contributed by atoms with Crippen LogP contribution in [0.25, 0.3) is 0 Å². The Hall–Kier alpha value is -1.62. The van der Waals surface area contributed by atoms with Crippen molar-refractivity contribution in [1.29, 1.82) is 0 Å². The Balaban J connectivity index is 2.13. The van der Waals surface area contributed by atoms with E-state index in [9.17, 15) is 14.7 Å². The minimum Gasteiger partial charge on any atom is -0.481 e. The predicted molar refractivity (Wildman–Crippen MR) is 73.6 cm³/mol. The van der Waals surface area contributed by atoms with Gasteiger partial charge in [-0.05, 0) is 36.8 Å². The molecule has 1 saturated carbocycles. The highest BCUT2D eigenvalue weighted by Gasteiger charge is 2.35. The van der Waals surface area contributed by atoms with Crippen molar-refractivity contribution in [3.8, 4) is 0 Å². The molecule has 1 fully saturated rings. The van der Waals surface area contributed by atoms with Crippen LogP contribution in [0.5, 0.6) is 0 Å². The van der Waals surface area contributed by atoms with Crippen LogP contribution in [0.3, 0.4) is 0 Å². The zero-order valence-electron chi connectivity index (χ0n) is 10.7. The summed E-state index contributed by atoms with van der Waals surface area (Å²) in [6, 6.07) is 9.92. The lowest BCUT2D eigenvalue weighted by Crippen LogP contribution is -2.41. The van der Waals surface area contributed by atoms with E-state index in [-0.39, 0.29) is 17.9 Å². The van der Waals surface area contributed by atoms with E-state index < -0.39 is 5.97 Å². The van der Waals surface area contributed by atoms with Crippen LogP contribution in [0.1, 0.15) is 30.7 Å². The molecule has 1 aliphatic rings. The number of carboxylic acids is 1. The van der Waals surface area contributed by atoms with Crippen molar-refractivity contribution < 1.29 is 14.7 Å².